The summed E-state index contributed by atoms with van der Waals surface area (Å²) in [7, 11) is 0. The van der Waals surface area contributed by atoms with Gasteiger partial charge >= 0.3 is 0 Å². The number of Topliss-reactive ketones (excluding diaryl/α,β-unsaturated/α-hetero) is 2. The average molecular weight is 266 g/mol. The number of allylic oxidation sites excluding steroid dienone is 3. The zero-order valence-corrected chi connectivity index (χ0v) is 11.4. The van der Waals surface area contributed by atoms with Crippen molar-refractivity contribution >= 4 is 35.1 Å². The van der Waals surface area contributed by atoms with E-state index < -0.39 is 0 Å². The van der Waals surface area contributed by atoms with Crippen molar-refractivity contribution in [1.29, 1.82) is 0 Å². The van der Waals surface area contributed by atoms with Gasteiger partial charge in [-0.05, 0) is 30.8 Å². The van der Waals surface area contributed by atoms with Crippen molar-refractivity contribution in [3.8, 4) is 0 Å². The Morgan fingerprint density at radius 3 is 1.94 bits per heavy atom. The van der Waals surface area contributed by atoms with Crippen molar-refractivity contribution in [3.05, 3.63) is 22.0 Å². The highest BCUT2D eigenvalue weighted by atomic mass is 32.2. The van der Waals surface area contributed by atoms with Gasteiger partial charge in [0, 0.05) is 11.8 Å². The number of hydrogen-bond donors (Lipinski definition) is 0. The van der Waals surface area contributed by atoms with Gasteiger partial charge in [0.2, 0.25) is 0 Å². The summed E-state index contributed by atoms with van der Waals surface area (Å²) in [6, 6.07) is 0. The molecule has 2 saturated carbocycles. The van der Waals surface area contributed by atoms with Crippen molar-refractivity contribution in [2.75, 3.05) is 12.5 Å². The summed E-state index contributed by atoms with van der Waals surface area (Å²) in [5.74, 6) is 0.780. The molecule has 0 radical (unpaired) electrons. The van der Waals surface area contributed by atoms with Crippen LogP contribution in [0.4, 0.5) is 0 Å². The summed E-state index contributed by atoms with van der Waals surface area (Å²) in [4.78, 5) is 24.8. The van der Waals surface area contributed by atoms with E-state index in [0.717, 1.165) is 10.7 Å². The van der Waals surface area contributed by atoms with Crippen LogP contribution in [0.1, 0.15) is 6.42 Å². The van der Waals surface area contributed by atoms with E-state index in [2.05, 4.69) is 12.2 Å². The Morgan fingerprint density at radius 2 is 1.53 bits per heavy atom. The lowest BCUT2D eigenvalue weighted by molar-refractivity contribution is -0.119. The minimum atomic E-state index is -0.0400. The third-order valence-electron chi connectivity index (χ3n) is 4.13. The molecule has 2 fully saturated rings. The van der Waals surface area contributed by atoms with Crippen LogP contribution in [0.15, 0.2) is 22.0 Å². The first kappa shape index (κ1) is 11.6. The molecule has 3 aliphatic rings. The number of hydrogen-bond acceptors (Lipinski definition) is 4. The van der Waals surface area contributed by atoms with Crippen LogP contribution in [0.5, 0.6) is 0 Å². The third kappa shape index (κ3) is 1.43. The molecule has 4 heteroatoms. The number of rotatable bonds is 2. The minimum absolute atomic E-state index is 0.0400. The Kier molecular flexibility index (Phi) is 2.75. The van der Waals surface area contributed by atoms with E-state index in [0.29, 0.717) is 17.4 Å². The molecular weight excluding hydrogens is 252 g/mol. The van der Waals surface area contributed by atoms with E-state index >= 15 is 0 Å². The summed E-state index contributed by atoms with van der Waals surface area (Å²) < 4.78 is 0.897. The Bertz CT molecular complexity index is 426. The summed E-state index contributed by atoms with van der Waals surface area (Å²) in [6.45, 7) is 0. The maximum atomic E-state index is 12.4. The molecule has 0 spiro atoms. The zero-order chi connectivity index (χ0) is 12.2. The lowest BCUT2D eigenvalue weighted by atomic mass is 9.85. The van der Waals surface area contributed by atoms with Crippen LogP contribution >= 0.6 is 23.5 Å². The van der Waals surface area contributed by atoms with Crippen molar-refractivity contribution in [2.24, 2.45) is 23.7 Å². The molecule has 0 saturated heterocycles. The quantitative estimate of drug-likeness (QED) is 0.437. The lowest BCUT2D eigenvalue weighted by Gasteiger charge is -2.15. The van der Waals surface area contributed by atoms with E-state index in [1.165, 1.54) is 23.5 Å². The second-order valence-corrected chi connectivity index (χ2v) is 6.69. The number of ketones is 2. The predicted molar refractivity (Wildman–Crippen MR) is 71.8 cm³/mol. The molecule has 0 aliphatic heterocycles. The molecule has 3 rings (SSSR count). The molecule has 0 heterocycles. The molecule has 90 valence electrons. The minimum Gasteiger partial charge on any atom is -0.294 e. The number of carbonyl (C=O) groups is 2. The number of thioether (sulfide) groups is 2. The predicted octanol–water partition coefficient (Wildman–Crippen LogP) is 2.51. The van der Waals surface area contributed by atoms with E-state index in [1.807, 2.05) is 12.5 Å². The fraction of sp³-hybridized carbons (Fsp3) is 0.538. The van der Waals surface area contributed by atoms with Crippen LogP contribution in [0.3, 0.4) is 0 Å². The second kappa shape index (κ2) is 4.02. The van der Waals surface area contributed by atoms with Gasteiger partial charge in [0.1, 0.15) is 0 Å². The smallest absolute Gasteiger partial charge is 0.172 e. The molecule has 2 bridgehead atoms. The van der Waals surface area contributed by atoms with Crippen molar-refractivity contribution in [3.63, 3.8) is 0 Å². The normalized spacial score (nSPS) is 38.1. The molecule has 4 unspecified atom stereocenters. The van der Waals surface area contributed by atoms with Crippen molar-refractivity contribution in [2.45, 2.75) is 6.42 Å². The third-order valence-corrected chi connectivity index (χ3v) is 6.28. The maximum absolute atomic E-state index is 12.4. The topological polar surface area (TPSA) is 34.1 Å². The molecule has 0 aromatic carbocycles. The van der Waals surface area contributed by atoms with Gasteiger partial charge in [-0.1, -0.05) is 12.2 Å². The molecule has 3 aliphatic carbocycles. The molecule has 4 atom stereocenters. The molecule has 0 N–H and O–H groups in total. The average Bonchev–Trinajstić information content (AvgIpc) is 2.98. The van der Waals surface area contributed by atoms with E-state index in [1.54, 1.807) is 0 Å². The molecule has 17 heavy (non-hydrogen) atoms. The Balaban J connectivity index is 2.06. The van der Waals surface area contributed by atoms with Crippen LogP contribution in [0, 0.1) is 23.7 Å². The summed E-state index contributed by atoms with van der Waals surface area (Å²) in [6.07, 6.45) is 9.14. The number of fused-ring (bicyclic) bond motifs is 5. The van der Waals surface area contributed by atoms with Gasteiger partial charge in [-0.25, -0.2) is 0 Å². The van der Waals surface area contributed by atoms with E-state index in [4.69, 9.17) is 0 Å². The summed E-state index contributed by atoms with van der Waals surface area (Å²) >= 11 is 3.03. The van der Waals surface area contributed by atoms with Crippen LogP contribution in [0.25, 0.3) is 0 Å². The largest absolute Gasteiger partial charge is 0.294 e. The summed E-state index contributed by atoms with van der Waals surface area (Å²) in [5.41, 5.74) is 0.499. The molecule has 0 aromatic heterocycles. The second-order valence-electron chi connectivity index (χ2n) is 4.80. The maximum Gasteiger partial charge on any atom is 0.172 e. The van der Waals surface area contributed by atoms with Crippen LogP contribution < -0.4 is 0 Å². The fourth-order valence-corrected chi connectivity index (χ4v) is 4.96. The highest BCUT2D eigenvalue weighted by molar-refractivity contribution is 8.21. The van der Waals surface area contributed by atoms with Crippen LogP contribution in [-0.4, -0.2) is 24.1 Å². The standard InChI is InChI=1S/C13H14O2S2/c1-16-13(17-2)10-11(14)8-6-3-4-7(5-6)9(8)12(10)15/h3-4,6-9H,5H2,1-2H3. The lowest BCUT2D eigenvalue weighted by Crippen LogP contribution is -2.21. The van der Waals surface area contributed by atoms with Gasteiger partial charge in [0.15, 0.2) is 11.6 Å². The SMILES string of the molecule is CSC(SC)=C1C(=O)C2C3C=CC(C3)C2C1=O. The van der Waals surface area contributed by atoms with Gasteiger partial charge < -0.3 is 0 Å². The van der Waals surface area contributed by atoms with Crippen LogP contribution in [-0.2, 0) is 9.59 Å². The molecule has 2 nitrogen and oxygen atoms in total. The first-order valence-corrected chi connectivity index (χ1v) is 8.23. The van der Waals surface area contributed by atoms with Gasteiger partial charge in [-0.15, -0.1) is 23.5 Å². The molecule has 0 amide bonds. The Morgan fingerprint density at radius 1 is 1.06 bits per heavy atom. The van der Waals surface area contributed by atoms with Gasteiger partial charge in [0.05, 0.1) is 9.81 Å². The monoisotopic (exact) mass is 266 g/mol. The van der Waals surface area contributed by atoms with Crippen molar-refractivity contribution in [1.82, 2.24) is 0 Å². The Hall–Kier alpha value is -0.480. The Labute approximate surface area is 109 Å². The fourth-order valence-electron chi connectivity index (χ4n) is 3.48. The molecular formula is C13H14O2S2. The van der Waals surface area contributed by atoms with Gasteiger partial charge in [-0.2, -0.15) is 0 Å². The first-order valence-electron chi connectivity index (χ1n) is 5.78. The zero-order valence-electron chi connectivity index (χ0n) is 9.80. The van der Waals surface area contributed by atoms with E-state index in [9.17, 15) is 9.59 Å². The van der Waals surface area contributed by atoms with Gasteiger partial charge in [-0.3, -0.25) is 9.59 Å². The molecule has 0 aromatic rings. The van der Waals surface area contributed by atoms with Crippen molar-refractivity contribution < 1.29 is 9.59 Å². The van der Waals surface area contributed by atoms with Crippen LogP contribution in [0.2, 0.25) is 0 Å². The highest BCUT2D eigenvalue weighted by Crippen LogP contribution is 2.55. The number of carbonyl (C=O) groups excluding carboxylic acids is 2. The highest BCUT2D eigenvalue weighted by Gasteiger charge is 2.58. The van der Waals surface area contributed by atoms with E-state index in [-0.39, 0.29) is 23.4 Å². The first-order chi connectivity index (χ1) is 8.19. The summed E-state index contributed by atoms with van der Waals surface area (Å²) in [5, 5.41) is 0. The van der Waals surface area contributed by atoms with Gasteiger partial charge in [0.25, 0.3) is 0 Å².